The molecule has 0 radical (unpaired) electrons. The topological polar surface area (TPSA) is 92.1 Å². The monoisotopic (exact) mass is 449 g/mol. The van der Waals surface area contributed by atoms with E-state index in [-0.39, 0.29) is 10.1 Å². The van der Waals surface area contributed by atoms with Crippen LogP contribution in [0.3, 0.4) is 0 Å². The molecule has 2 aromatic heterocycles. The lowest BCUT2D eigenvalue weighted by Gasteiger charge is -2.12. The molecule has 6 nitrogen and oxygen atoms in total. The summed E-state index contributed by atoms with van der Waals surface area (Å²) in [5, 5.41) is 9.08. The fourth-order valence-electron chi connectivity index (χ4n) is 2.12. The quantitative estimate of drug-likeness (QED) is 0.610. The Labute approximate surface area is 163 Å². The first-order valence-electron chi connectivity index (χ1n) is 7.31. The summed E-state index contributed by atoms with van der Waals surface area (Å²) in [6.45, 7) is 1.76. The van der Waals surface area contributed by atoms with Gasteiger partial charge < -0.3 is 4.74 Å². The molecule has 26 heavy (non-hydrogen) atoms. The van der Waals surface area contributed by atoms with E-state index in [1.165, 1.54) is 12.3 Å². The van der Waals surface area contributed by atoms with Crippen LogP contribution in [-0.2, 0) is 10.0 Å². The van der Waals surface area contributed by atoms with E-state index >= 15 is 0 Å². The number of hydrogen-bond acceptors (Lipinski definition) is 6. The van der Waals surface area contributed by atoms with Crippen molar-refractivity contribution >= 4 is 43.0 Å². The number of anilines is 1. The van der Waals surface area contributed by atoms with Crippen LogP contribution in [0.15, 0.2) is 56.7 Å². The van der Waals surface area contributed by atoms with Gasteiger partial charge in [0.05, 0.1) is 9.47 Å². The zero-order valence-corrected chi connectivity index (χ0v) is 16.7. The lowest BCUT2D eigenvalue weighted by molar-refractivity contribution is 0.461. The van der Waals surface area contributed by atoms with Crippen molar-refractivity contribution in [3.8, 4) is 17.7 Å². The van der Waals surface area contributed by atoms with Crippen molar-refractivity contribution in [3.63, 3.8) is 0 Å². The van der Waals surface area contributed by atoms with E-state index < -0.39 is 10.0 Å². The number of hydrogen-bond donors (Lipinski definition) is 1. The first-order valence-corrected chi connectivity index (χ1v) is 10.4. The highest BCUT2D eigenvalue weighted by atomic mass is 79.9. The van der Waals surface area contributed by atoms with Gasteiger partial charge in [-0.1, -0.05) is 0 Å². The number of sulfonamides is 1. The second-order valence-corrected chi connectivity index (χ2v) is 9.58. The first kappa shape index (κ1) is 18.4. The van der Waals surface area contributed by atoms with Crippen LogP contribution in [0.25, 0.3) is 0 Å². The number of nitrogens with one attached hydrogen (secondary N) is 1. The predicted molar refractivity (Wildman–Crippen MR) is 103 cm³/mol. The number of pyridine rings is 1. The standard InChI is InChI=1S/C17H12BrN3O3S2/c1-11-9-13(24-17-12(10-19)3-2-8-20-17)4-5-14(11)21-26(22,23)16-7-6-15(18)25-16/h2-9,21H,1H3. The molecule has 0 aliphatic carbocycles. The minimum atomic E-state index is -3.66. The number of rotatable bonds is 5. The van der Waals surface area contributed by atoms with E-state index in [0.717, 1.165) is 15.1 Å². The molecule has 0 fully saturated rings. The van der Waals surface area contributed by atoms with Gasteiger partial charge >= 0.3 is 0 Å². The van der Waals surface area contributed by atoms with Crippen LogP contribution in [0.1, 0.15) is 11.1 Å². The third kappa shape index (κ3) is 4.04. The molecule has 2 heterocycles. The molecule has 0 bridgehead atoms. The number of aromatic nitrogens is 1. The molecule has 1 aromatic carbocycles. The van der Waals surface area contributed by atoms with Crippen LogP contribution in [0.5, 0.6) is 11.6 Å². The highest BCUT2D eigenvalue weighted by Gasteiger charge is 2.18. The van der Waals surface area contributed by atoms with Crippen molar-refractivity contribution < 1.29 is 13.2 Å². The Bertz CT molecular complexity index is 1100. The molecule has 9 heteroatoms. The lowest BCUT2D eigenvalue weighted by Crippen LogP contribution is -2.12. The highest BCUT2D eigenvalue weighted by molar-refractivity contribution is 9.11. The molecule has 0 saturated carbocycles. The molecule has 3 rings (SSSR count). The molecule has 132 valence electrons. The molecule has 1 N–H and O–H groups in total. The molecule has 0 unspecified atom stereocenters. The Morgan fingerprint density at radius 1 is 1.27 bits per heavy atom. The highest BCUT2D eigenvalue weighted by Crippen LogP contribution is 2.30. The summed E-state index contributed by atoms with van der Waals surface area (Å²) in [5.41, 5.74) is 1.44. The molecule has 0 aliphatic heterocycles. The third-order valence-electron chi connectivity index (χ3n) is 3.36. The normalized spacial score (nSPS) is 11.0. The SMILES string of the molecule is Cc1cc(Oc2ncccc2C#N)ccc1NS(=O)(=O)c1ccc(Br)s1. The van der Waals surface area contributed by atoms with Gasteiger partial charge in [0, 0.05) is 6.20 Å². The Kier molecular flexibility index (Phi) is 5.27. The van der Waals surface area contributed by atoms with Gasteiger partial charge in [-0.05, 0) is 70.9 Å². The van der Waals surface area contributed by atoms with Crippen molar-refractivity contribution in [2.75, 3.05) is 4.72 Å². The Morgan fingerprint density at radius 2 is 2.08 bits per heavy atom. The van der Waals surface area contributed by atoms with Crippen LogP contribution in [-0.4, -0.2) is 13.4 Å². The van der Waals surface area contributed by atoms with Gasteiger partial charge in [-0.25, -0.2) is 13.4 Å². The van der Waals surface area contributed by atoms with Crippen molar-refractivity contribution in [3.05, 3.63) is 63.6 Å². The number of benzene rings is 1. The maximum atomic E-state index is 12.4. The van der Waals surface area contributed by atoms with E-state index in [2.05, 4.69) is 25.6 Å². The smallest absolute Gasteiger partial charge is 0.271 e. The van der Waals surface area contributed by atoms with E-state index in [1.807, 2.05) is 6.07 Å². The average molecular weight is 450 g/mol. The van der Waals surface area contributed by atoms with Gasteiger partial charge in [0.2, 0.25) is 5.88 Å². The molecule has 3 aromatic rings. The maximum absolute atomic E-state index is 12.4. The second-order valence-electron chi connectivity index (χ2n) is 5.21. The van der Waals surface area contributed by atoms with Crippen molar-refractivity contribution in [1.82, 2.24) is 4.98 Å². The summed E-state index contributed by atoms with van der Waals surface area (Å²) in [5.74, 6) is 0.658. The van der Waals surface area contributed by atoms with Gasteiger partial charge in [0.15, 0.2) is 0 Å². The second kappa shape index (κ2) is 7.45. The van der Waals surface area contributed by atoms with Crippen molar-refractivity contribution in [2.24, 2.45) is 0 Å². The molecule has 0 amide bonds. The Morgan fingerprint density at radius 3 is 2.73 bits per heavy atom. The number of thiophene rings is 1. The van der Waals surface area contributed by atoms with Gasteiger partial charge in [0.1, 0.15) is 21.6 Å². The van der Waals surface area contributed by atoms with Crippen LogP contribution in [0, 0.1) is 18.3 Å². The number of aryl methyl sites for hydroxylation is 1. The largest absolute Gasteiger partial charge is 0.438 e. The summed E-state index contributed by atoms with van der Waals surface area (Å²) in [7, 11) is -3.66. The minimum Gasteiger partial charge on any atom is -0.438 e. The number of ether oxygens (including phenoxy) is 1. The molecule has 0 aliphatic rings. The van der Waals surface area contributed by atoms with E-state index in [9.17, 15) is 8.42 Å². The number of nitriles is 1. The fraction of sp³-hybridized carbons (Fsp3) is 0.0588. The van der Waals surface area contributed by atoms with Gasteiger partial charge in [-0.15, -0.1) is 11.3 Å². The zero-order valence-electron chi connectivity index (χ0n) is 13.4. The van der Waals surface area contributed by atoms with E-state index in [1.54, 1.807) is 43.3 Å². The van der Waals surface area contributed by atoms with Crippen LogP contribution in [0.4, 0.5) is 5.69 Å². The van der Waals surface area contributed by atoms with Gasteiger partial charge in [-0.2, -0.15) is 5.26 Å². The first-order chi connectivity index (χ1) is 12.4. The predicted octanol–water partition coefficient (Wildman–Crippen LogP) is 4.68. The van der Waals surface area contributed by atoms with Crippen molar-refractivity contribution in [1.29, 1.82) is 5.26 Å². The van der Waals surface area contributed by atoms with E-state index in [0.29, 0.717) is 22.6 Å². The molecular formula is C17H12BrN3O3S2. The summed E-state index contributed by atoms with van der Waals surface area (Å²) in [6, 6.07) is 13.4. The Balaban J connectivity index is 1.83. The van der Waals surface area contributed by atoms with Crippen LogP contribution < -0.4 is 9.46 Å². The maximum Gasteiger partial charge on any atom is 0.271 e. The third-order valence-corrected chi connectivity index (χ3v) is 6.84. The Hall–Kier alpha value is -2.41. The summed E-state index contributed by atoms with van der Waals surface area (Å²) >= 11 is 4.39. The summed E-state index contributed by atoms with van der Waals surface area (Å²) in [4.78, 5) is 4.04. The van der Waals surface area contributed by atoms with E-state index in [4.69, 9.17) is 10.00 Å². The van der Waals surface area contributed by atoms with Crippen LogP contribution in [0.2, 0.25) is 0 Å². The number of halogens is 1. The molecule has 0 spiro atoms. The molecular weight excluding hydrogens is 438 g/mol. The average Bonchev–Trinajstić information content (AvgIpc) is 3.05. The zero-order chi connectivity index (χ0) is 18.7. The number of nitrogens with zero attached hydrogens (tertiary/aromatic N) is 2. The van der Waals surface area contributed by atoms with Crippen LogP contribution >= 0.6 is 27.3 Å². The van der Waals surface area contributed by atoms with Gasteiger partial charge in [-0.3, -0.25) is 4.72 Å². The van der Waals surface area contributed by atoms with Crippen molar-refractivity contribution in [2.45, 2.75) is 11.1 Å². The minimum absolute atomic E-state index is 0.200. The molecule has 0 atom stereocenters. The summed E-state index contributed by atoms with van der Waals surface area (Å²) in [6.07, 6.45) is 1.53. The fourth-order valence-corrected chi connectivity index (χ4v) is 5.26. The lowest BCUT2D eigenvalue weighted by atomic mass is 10.2. The molecule has 0 saturated heterocycles. The van der Waals surface area contributed by atoms with Gasteiger partial charge in [0.25, 0.3) is 10.0 Å². The summed E-state index contributed by atoms with van der Waals surface area (Å²) < 4.78 is 34.0.